The van der Waals surface area contributed by atoms with Gasteiger partial charge in [0.1, 0.15) is 0 Å². The molecule has 0 saturated carbocycles. The van der Waals surface area contributed by atoms with Crippen LogP contribution in [0, 0.1) is 0 Å². The zero-order chi connectivity index (χ0) is 8.53. The molecule has 4 nitrogen and oxygen atoms in total. The van der Waals surface area contributed by atoms with Crippen molar-refractivity contribution in [1.29, 1.82) is 0 Å². The van der Waals surface area contributed by atoms with Gasteiger partial charge in [-0.25, -0.2) is 0 Å². The van der Waals surface area contributed by atoms with Crippen molar-refractivity contribution in [2.24, 2.45) is 11.5 Å². The maximum Gasteiger partial charge on any atom is 0.0584 e. The first-order valence-electron chi connectivity index (χ1n) is 4.09. The van der Waals surface area contributed by atoms with Gasteiger partial charge in [0, 0.05) is 19.1 Å². The summed E-state index contributed by atoms with van der Waals surface area (Å²) in [4.78, 5) is 0. The van der Waals surface area contributed by atoms with E-state index >= 15 is 0 Å². The van der Waals surface area contributed by atoms with Crippen molar-refractivity contribution in [3.05, 3.63) is 0 Å². The standard InChI is InChI=1S/C7H19N3O/c8-3-1-2-7(6-11)10-5-4-9/h7,10-11H,1-6,8-9H2. The predicted molar refractivity (Wildman–Crippen MR) is 46.2 cm³/mol. The summed E-state index contributed by atoms with van der Waals surface area (Å²) in [6, 6.07) is 0.169. The molecule has 0 amide bonds. The van der Waals surface area contributed by atoms with Crippen LogP contribution in [0.3, 0.4) is 0 Å². The lowest BCUT2D eigenvalue weighted by Crippen LogP contribution is -2.36. The Balaban J connectivity index is 3.25. The average molecular weight is 161 g/mol. The predicted octanol–water partition coefficient (Wildman–Crippen LogP) is -1.37. The van der Waals surface area contributed by atoms with E-state index in [1.165, 1.54) is 0 Å². The van der Waals surface area contributed by atoms with Crippen LogP contribution in [0.25, 0.3) is 0 Å². The molecular formula is C7H19N3O. The molecule has 4 heteroatoms. The molecule has 0 aromatic carbocycles. The Morgan fingerprint density at radius 1 is 1.27 bits per heavy atom. The van der Waals surface area contributed by atoms with E-state index < -0.39 is 0 Å². The lowest BCUT2D eigenvalue weighted by Gasteiger charge is -2.14. The third-order valence-electron chi connectivity index (χ3n) is 1.55. The Morgan fingerprint density at radius 2 is 2.00 bits per heavy atom. The number of hydrogen-bond acceptors (Lipinski definition) is 4. The smallest absolute Gasteiger partial charge is 0.0584 e. The van der Waals surface area contributed by atoms with E-state index in [1.54, 1.807) is 0 Å². The van der Waals surface area contributed by atoms with E-state index in [0.717, 1.165) is 19.4 Å². The summed E-state index contributed by atoms with van der Waals surface area (Å²) in [5, 5.41) is 12.0. The van der Waals surface area contributed by atoms with Crippen LogP contribution in [0.15, 0.2) is 0 Å². The first-order chi connectivity index (χ1) is 5.35. The third-order valence-corrected chi connectivity index (χ3v) is 1.55. The SMILES string of the molecule is NCCCC(CO)NCCN. The van der Waals surface area contributed by atoms with Crippen molar-refractivity contribution in [3.8, 4) is 0 Å². The Labute approximate surface area is 68.0 Å². The van der Waals surface area contributed by atoms with Gasteiger partial charge in [0.2, 0.25) is 0 Å². The van der Waals surface area contributed by atoms with Gasteiger partial charge in [-0.15, -0.1) is 0 Å². The summed E-state index contributed by atoms with van der Waals surface area (Å²) in [5.41, 5.74) is 10.6. The molecule has 0 rings (SSSR count). The second-order valence-electron chi connectivity index (χ2n) is 2.55. The van der Waals surface area contributed by atoms with E-state index in [4.69, 9.17) is 16.6 Å². The van der Waals surface area contributed by atoms with Gasteiger partial charge in [-0.2, -0.15) is 0 Å². The molecule has 0 aliphatic carbocycles. The molecule has 68 valence electrons. The Bertz CT molecular complexity index is 72.1. The number of aliphatic hydroxyl groups is 1. The van der Waals surface area contributed by atoms with Crippen molar-refractivity contribution >= 4 is 0 Å². The summed E-state index contributed by atoms with van der Waals surface area (Å²) in [5.74, 6) is 0. The maximum atomic E-state index is 8.84. The van der Waals surface area contributed by atoms with Gasteiger partial charge in [0.15, 0.2) is 0 Å². The fourth-order valence-electron chi connectivity index (χ4n) is 0.910. The number of hydrogen-bond donors (Lipinski definition) is 4. The Hall–Kier alpha value is -0.160. The lowest BCUT2D eigenvalue weighted by molar-refractivity contribution is 0.235. The van der Waals surface area contributed by atoms with Crippen LogP contribution in [0.4, 0.5) is 0 Å². The fourth-order valence-corrected chi connectivity index (χ4v) is 0.910. The molecule has 0 saturated heterocycles. The van der Waals surface area contributed by atoms with Crippen molar-refractivity contribution in [2.75, 3.05) is 26.2 Å². The van der Waals surface area contributed by atoms with Crippen LogP contribution in [0.1, 0.15) is 12.8 Å². The molecule has 0 aliphatic heterocycles. The lowest BCUT2D eigenvalue weighted by atomic mass is 10.1. The Kier molecular flexibility index (Phi) is 7.83. The normalized spacial score (nSPS) is 13.4. The van der Waals surface area contributed by atoms with Gasteiger partial charge >= 0.3 is 0 Å². The molecule has 1 unspecified atom stereocenters. The van der Waals surface area contributed by atoms with Gasteiger partial charge < -0.3 is 21.9 Å². The highest BCUT2D eigenvalue weighted by atomic mass is 16.3. The van der Waals surface area contributed by atoms with Crippen LogP contribution in [0.5, 0.6) is 0 Å². The molecule has 0 bridgehead atoms. The van der Waals surface area contributed by atoms with Gasteiger partial charge in [-0.3, -0.25) is 0 Å². The second kappa shape index (κ2) is 7.94. The van der Waals surface area contributed by atoms with Gasteiger partial charge in [0.25, 0.3) is 0 Å². The van der Waals surface area contributed by atoms with Crippen LogP contribution >= 0.6 is 0 Å². The van der Waals surface area contributed by atoms with Gasteiger partial charge in [-0.05, 0) is 19.4 Å². The van der Waals surface area contributed by atoms with E-state index in [0.29, 0.717) is 13.1 Å². The number of nitrogens with two attached hydrogens (primary N) is 2. The summed E-state index contributed by atoms with van der Waals surface area (Å²) in [7, 11) is 0. The second-order valence-corrected chi connectivity index (χ2v) is 2.55. The minimum atomic E-state index is 0.167. The maximum absolute atomic E-state index is 8.84. The monoisotopic (exact) mass is 161 g/mol. The van der Waals surface area contributed by atoms with Crippen LogP contribution in [-0.2, 0) is 0 Å². The first kappa shape index (κ1) is 10.8. The van der Waals surface area contributed by atoms with Gasteiger partial charge in [0.05, 0.1) is 6.61 Å². The quantitative estimate of drug-likeness (QED) is 0.371. The third kappa shape index (κ3) is 6.25. The first-order valence-corrected chi connectivity index (χ1v) is 4.09. The zero-order valence-electron chi connectivity index (χ0n) is 6.92. The molecule has 0 aliphatic rings. The van der Waals surface area contributed by atoms with E-state index in [1.807, 2.05) is 0 Å². The molecule has 0 spiro atoms. The molecule has 0 radical (unpaired) electrons. The fraction of sp³-hybridized carbons (Fsp3) is 1.00. The van der Waals surface area contributed by atoms with Crippen molar-refractivity contribution in [2.45, 2.75) is 18.9 Å². The molecule has 0 aromatic heterocycles. The van der Waals surface area contributed by atoms with E-state index in [-0.39, 0.29) is 12.6 Å². The summed E-state index contributed by atoms with van der Waals surface area (Å²) in [6.07, 6.45) is 1.87. The number of rotatable bonds is 7. The molecule has 6 N–H and O–H groups in total. The summed E-state index contributed by atoms with van der Waals surface area (Å²) >= 11 is 0. The highest BCUT2D eigenvalue weighted by Crippen LogP contribution is 1.93. The average Bonchev–Trinajstić information content (AvgIpc) is 2.05. The highest BCUT2D eigenvalue weighted by Gasteiger charge is 2.03. The minimum absolute atomic E-state index is 0.167. The van der Waals surface area contributed by atoms with E-state index in [2.05, 4.69) is 5.32 Å². The van der Waals surface area contributed by atoms with Crippen molar-refractivity contribution < 1.29 is 5.11 Å². The molecule has 0 fully saturated rings. The van der Waals surface area contributed by atoms with Crippen molar-refractivity contribution in [3.63, 3.8) is 0 Å². The topological polar surface area (TPSA) is 84.3 Å². The number of nitrogens with one attached hydrogen (secondary N) is 1. The highest BCUT2D eigenvalue weighted by molar-refractivity contribution is 4.65. The van der Waals surface area contributed by atoms with Crippen LogP contribution in [-0.4, -0.2) is 37.4 Å². The van der Waals surface area contributed by atoms with Gasteiger partial charge in [-0.1, -0.05) is 0 Å². The molecule has 0 aromatic rings. The molecule has 1 atom stereocenters. The molecule has 11 heavy (non-hydrogen) atoms. The Morgan fingerprint density at radius 3 is 2.45 bits per heavy atom. The minimum Gasteiger partial charge on any atom is -0.395 e. The number of aliphatic hydroxyl groups excluding tert-OH is 1. The summed E-state index contributed by atoms with van der Waals surface area (Å²) < 4.78 is 0. The zero-order valence-corrected chi connectivity index (χ0v) is 6.92. The van der Waals surface area contributed by atoms with Crippen molar-refractivity contribution in [1.82, 2.24) is 5.32 Å². The largest absolute Gasteiger partial charge is 0.395 e. The molecular weight excluding hydrogens is 142 g/mol. The summed E-state index contributed by atoms with van der Waals surface area (Å²) in [6.45, 7) is 2.22. The van der Waals surface area contributed by atoms with E-state index in [9.17, 15) is 0 Å². The molecule has 0 heterocycles. The van der Waals surface area contributed by atoms with Crippen LogP contribution < -0.4 is 16.8 Å². The van der Waals surface area contributed by atoms with Crippen LogP contribution in [0.2, 0.25) is 0 Å².